The van der Waals surface area contributed by atoms with E-state index in [0.717, 1.165) is 17.8 Å². The summed E-state index contributed by atoms with van der Waals surface area (Å²) in [5.74, 6) is -13.1. The minimum absolute atomic E-state index is 0.0324. The number of fused-ring (bicyclic) bond motifs is 1. The molecule has 7 amide bonds. The van der Waals surface area contributed by atoms with Gasteiger partial charge in [0.2, 0.25) is 41.4 Å². The van der Waals surface area contributed by atoms with Gasteiger partial charge in [-0.25, -0.2) is 4.79 Å². The first-order chi connectivity index (χ1) is 32.4. The zero-order chi connectivity index (χ0) is 51.7. The molecule has 0 spiro atoms. The maximum Gasteiger partial charge on any atom is 0.326 e. The molecule has 2 aromatic carbocycles. The van der Waals surface area contributed by atoms with Gasteiger partial charge < -0.3 is 78.6 Å². The summed E-state index contributed by atoms with van der Waals surface area (Å²) in [6.45, 7) is 4.42. The second-order valence-corrected chi connectivity index (χ2v) is 16.3. The number of aliphatic carboxylic acids is 3. The Morgan fingerprint density at radius 3 is 1.71 bits per heavy atom. The number of aliphatic hydroxyl groups excluding tert-OH is 2. The van der Waals surface area contributed by atoms with E-state index in [9.17, 15) is 73.5 Å². The number of amides is 7. The number of phenols is 1. The first-order valence-corrected chi connectivity index (χ1v) is 21.6. The number of aliphatic hydroxyl groups is 2. The van der Waals surface area contributed by atoms with E-state index in [2.05, 4.69) is 36.9 Å². The molecule has 0 unspecified atom stereocenters. The molecule has 0 fully saturated rings. The van der Waals surface area contributed by atoms with Crippen LogP contribution in [-0.4, -0.2) is 156 Å². The van der Waals surface area contributed by atoms with E-state index >= 15 is 0 Å². The van der Waals surface area contributed by atoms with Crippen LogP contribution in [0.5, 0.6) is 5.75 Å². The highest BCUT2D eigenvalue weighted by molar-refractivity contribution is 5.98. The molecule has 0 bridgehead atoms. The smallest absolute Gasteiger partial charge is 0.326 e. The monoisotopic (exact) mass is 969 g/mol. The van der Waals surface area contributed by atoms with Crippen molar-refractivity contribution < 1.29 is 78.6 Å². The van der Waals surface area contributed by atoms with E-state index in [-0.39, 0.29) is 25.0 Å². The standard InChI is InChI=1S/C44H59N9O16/c1-5-20(2)35(52-37(61)21(3)47-39(63)30(16-33(57)58)48-38(62)27(45)15-24-18-46-28-9-7-6-8-26(24)28)42(66)51-32(19-54)41(65)53-36(22(4)55)43(67)49-29(14-23-10-12-25(56)13-11-23)40(64)50-31(44(68)69)17-34(59)60/h6-13,18,20-22,27,29-32,35-36,46,54-56H,5,14-17,19,45H2,1-4H3,(H,47,63)(H,48,62)(H,49,67)(H,50,64)(H,51,66)(H,52,61)(H,53,65)(H,57,58)(H,59,60)(H,68,69)/t20-,21-,22+,27-,29-,30-,31-,32-,35-,36-/m0/s1. The highest BCUT2D eigenvalue weighted by atomic mass is 16.4. The molecule has 1 aromatic heterocycles. The van der Waals surface area contributed by atoms with Crippen LogP contribution in [-0.2, 0) is 60.8 Å². The van der Waals surface area contributed by atoms with Crippen LogP contribution < -0.4 is 43.0 Å². The van der Waals surface area contributed by atoms with Crippen molar-refractivity contribution in [1.29, 1.82) is 0 Å². The van der Waals surface area contributed by atoms with Gasteiger partial charge in [0.25, 0.3) is 0 Å². The van der Waals surface area contributed by atoms with Gasteiger partial charge in [0.1, 0.15) is 48.0 Å². The summed E-state index contributed by atoms with van der Waals surface area (Å²) in [5.41, 5.74) is 7.94. The number of H-pyrrole nitrogens is 1. The molecule has 16 N–H and O–H groups in total. The summed E-state index contributed by atoms with van der Waals surface area (Å²) in [4.78, 5) is 132. The van der Waals surface area contributed by atoms with E-state index in [1.54, 1.807) is 26.1 Å². The lowest BCUT2D eigenvalue weighted by Gasteiger charge is -2.29. The van der Waals surface area contributed by atoms with Gasteiger partial charge in [-0.3, -0.25) is 43.2 Å². The number of rotatable bonds is 27. The molecule has 0 saturated heterocycles. The quantitative estimate of drug-likeness (QED) is 0.0359. The summed E-state index contributed by atoms with van der Waals surface area (Å²) in [6.07, 6.45) is -2.03. The largest absolute Gasteiger partial charge is 0.508 e. The number of aromatic amines is 1. The molecule has 0 saturated carbocycles. The Morgan fingerprint density at radius 1 is 0.609 bits per heavy atom. The van der Waals surface area contributed by atoms with Crippen LogP contribution in [0.25, 0.3) is 10.9 Å². The number of hydrogen-bond acceptors (Lipinski definition) is 14. The van der Waals surface area contributed by atoms with Crippen molar-refractivity contribution in [2.24, 2.45) is 11.7 Å². The molecule has 3 rings (SSSR count). The van der Waals surface area contributed by atoms with Crippen molar-refractivity contribution >= 4 is 70.2 Å². The summed E-state index contributed by atoms with van der Waals surface area (Å²) in [5, 5.41) is 75.1. The highest BCUT2D eigenvalue weighted by Gasteiger charge is 2.36. The first kappa shape index (κ1) is 55.7. The molecular formula is C44H59N9O16. The zero-order valence-corrected chi connectivity index (χ0v) is 38.1. The molecule has 10 atom stereocenters. The van der Waals surface area contributed by atoms with Crippen molar-refractivity contribution in [1.82, 2.24) is 42.2 Å². The number of hydrogen-bond donors (Lipinski definition) is 15. The van der Waals surface area contributed by atoms with Gasteiger partial charge in [-0.15, -0.1) is 0 Å². The van der Waals surface area contributed by atoms with Crippen molar-refractivity contribution in [2.45, 2.75) is 114 Å². The molecule has 0 aliphatic rings. The number of carbonyl (C=O) groups is 10. The van der Waals surface area contributed by atoms with Crippen LogP contribution >= 0.6 is 0 Å². The predicted octanol–water partition coefficient (Wildman–Crippen LogP) is -3.15. The predicted molar refractivity (Wildman–Crippen MR) is 241 cm³/mol. The Balaban J connectivity index is 1.71. The molecule has 3 aromatic rings. The van der Waals surface area contributed by atoms with Crippen LogP contribution in [0, 0.1) is 5.92 Å². The molecule has 25 nitrogen and oxygen atoms in total. The Labute approximate surface area is 394 Å². The second kappa shape index (κ2) is 26.0. The zero-order valence-electron chi connectivity index (χ0n) is 38.1. The van der Waals surface area contributed by atoms with Crippen LogP contribution in [0.2, 0.25) is 0 Å². The Hall–Kier alpha value is -7.64. The highest BCUT2D eigenvalue weighted by Crippen LogP contribution is 2.19. The van der Waals surface area contributed by atoms with Crippen LogP contribution in [0.3, 0.4) is 0 Å². The molecule has 376 valence electrons. The molecular weight excluding hydrogens is 911 g/mol. The maximum atomic E-state index is 13.7. The third kappa shape index (κ3) is 16.9. The van der Waals surface area contributed by atoms with Gasteiger partial charge in [-0.2, -0.15) is 0 Å². The van der Waals surface area contributed by atoms with Crippen LogP contribution in [0.15, 0.2) is 54.7 Å². The van der Waals surface area contributed by atoms with Crippen molar-refractivity contribution in [3.63, 3.8) is 0 Å². The molecule has 69 heavy (non-hydrogen) atoms. The summed E-state index contributed by atoms with van der Waals surface area (Å²) in [7, 11) is 0. The van der Waals surface area contributed by atoms with Crippen LogP contribution in [0.1, 0.15) is 58.1 Å². The van der Waals surface area contributed by atoms with Crippen molar-refractivity contribution in [2.75, 3.05) is 6.61 Å². The van der Waals surface area contributed by atoms with Gasteiger partial charge >= 0.3 is 17.9 Å². The first-order valence-electron chi connectivity index (χ1n) is 21.6. The number of nitrogens with one attached hydrogen (secondary N) is 8. The third-order valence-electron chi connectivity index (χ3n) is 10.9. The second-order valence-electron chi connectivity index (χ2n) is 16.3. The van der Waals surface area contributed by atoms with Crippen molar-refractivity contribution in [3.8, 4) is 5.75 Å². The summed E-state index contributed by atoms with van der Waals surface area (Å²) >= 11 is 0. The van der Waals surface area contributed by atoms with E-state index < -0.39 is 139 Å². The third-order valence-corrected chi connectivity index (χ3v) is 10.9. The average Bonchev–Trinajstić information content (AvgIpc) is 3.70. The van der Waals surface area contributed by atoms with Gasteiger partial charge in [-0.05, 0) is 55.5 Å². The molecule has 1 heterocycles. The minimum Gasteiger partial charge on any atom is -0.508 e. The van der Waals surface area contributed by atoms with E-state index in [4.69, 9.17) is 10.8 Å². The average molecular weight is 970 g/mol. The fraction of sp³-hybridized carbons (Fsp3) is 0.455. The Morgan fingerprint density at radius 2 is 1.13 bits per heavy atom. The SMILES string of the molecule is CC[C@H](C)[C@H](NC(=O)[C@H](C)NC(=O)[C@H](CC(=O)O)NC(=O)[C@@H](N)Cc1c[nH]c2ccccc12)C(=O)N[C@@H](CO)C(=O)N[C@H](C(=O)N[C@@H](Cc1ccc(O)cc1)C(=O)N[C@@H](CC(=O)O)C(=O)O)[C@@H](C)O. The lowest BCUT2D eigenvalue weighted by molar-refractivity contribution is -0.147. The normalized spacial score (nSPS) is 15.5. The fourth-order valence-electron chi connectivity index (χ4n) is 6.75. The number of para-hydroxylation sites is 1. The Kier molecular flexibility index (Phi) is 21.0. The number of benzene rings is 2. The molecule has 0 radical (unpaired) electrons. The number of aromatic hydroxyl groups is 1. The summed E-state index contributed by atoms with van der Waals surface area (Å²) in [6, 6.07) is -0.588. The summed E-state index contributed by atoms with van der Waals surface area (Å²) < 4.78 is 0. The van der Waals surface area contributed by atoms with Gasteiger partial charge in [-0.1, -0.05) is 50.6 Å². The van der Waals surface area contributed by atoms with Gasteiger partial charge in [0.15, 0.2) is 0 Å². The lowest BCUT2D eigenvalue weighted by Crippen LogP contribution is -2.62. The molecule has 25 heteroatoms. The lowest BCUT2D eigenvalue weighted by atomic mass is 9.97. The van der Waals surface area contributed by atoms with E-state index in [0.29, 0.717) is 11.1 Å². The maximum absolute atomic E-state index is 13.7. The number of carboxylic acids is 3. The minimum atomic E-state index is -1.93. The number of carboxylic acid groups (broad SMARTS) is 3. The fourth-order valence-corrected chi connectivity index (χ4v) is 6.75. The molecule has 0 aliphatic heterocycles. The topological polar surface area (TPSA) is 418 Å². The number of nitrogens with two attached hydrogens (primary N) is 1. The van der Waals surface area contributed by atoms with E-state index in [1.807, 2.05) is 23.5 Å². The number of aromatic nitrogens is 1. The van der Waals surface area contributed by atoms with Crippen molar-refractivity contribution in [3.05, 3.63) is 65.9 Å². The van der Waals surface area contributed by atoms with Gasteiger partial charge in [0.05, 0.1) is 31.6 Å². The van der Waals surface area contributed by atoms with E-state index in [1.165, 1.54) is 31.2 Å². The number of phenolic OH excluding ortho intramolecular Hbond substituents is 1. The Bertz CT molecular complexity index is 2340. The number of carbonyl (C=O) groups excluding carboxylic acids is 7. The molecule has 0 aliphatic carbocycles. The van der Waals surface area contributed by atoms with Gasteiger partial charge in [0, 0.05) is 23.5 Å². The van der Waals surface area contributed by atoms with Crippen LogP contribution in [0.4, 0.5) is 0 Å².